The molecule has 1 fully saturated rings. The maximum atomic E-state index is 12.0. The molecule has 16 heavy (non-hydrogen) atoms. The van der Waals surface area contributed by atoms with Crippen molar-refractivity contribution >= 4 is 17.4 Å². The molecule has 1 unspecified atom stereocenters. The summed E-state index contributed by atoms with van der Waals surface area (Å²) in [6.07, 6.45) is 2.42. The first-order valence-electron chi connectivity index (χ1n) is 5.60. The summed E-state index contributed by atoms with van der Waals surface area (Å²) in [5, 5.41) is 0.685. The van der Waals surface area contributed by atoms with E-state index >= 15 is 0 Å². The van der Waals surface area contributed by atoms with Crippen LogP contribution in [-0.2, 0) is 16.0 Å². The largest absolute Gasteiger partial charge is 0.381 e. The van der Waals surface area contributed by atoms with Crippen LogP contribution in [0.3, 0.4) is 0 Å². The summed E-state index contributed by atoms with van der Waals surface area (Å²) < 4.78 is 5.32. The van der Waals surface area contributed by atoms with Crippen LogP contribution in [0.1, 0.15) is 18.4 Å². The summed E-state index contributed by atoms with van der Waals surface area (Å²) in [6, 6.07) is 7.48. The van der Waals surface area contributed by atoms with E-state index in [0.717, 1.165) is 25.0 Å². The van der Waals surface area contributed by atoms with E-state index in [1.807, 2.05) is 24.3 Å². The van der Waals surface area contributed by atoms with E-state index in [-0.39, 0.29) is 11.7 Å². The number of ether oxygens (including phenoxy) is 1. The number of benzene rings is 1. The second kappa shape index (κ2) is 5.46. The van der Waals surface area contributed by atoms with Crippen LogP contribution >= 0.6 is 11.6 Å². The van der Waals surface area contributed by atoms with Gasteiger partial charge >= 0.3 is 0 Å². The van der Waals surface area contributed by atoms with E-state index in [1.165, 1.54) is 0 Å². The highest BCUT2D eigenvalue weighted by Crippen LogP contribution is 2.18. The fourth-order valence-corrected chi connectivity index (χ4v) is 2.20. The average Bonchev–Trinajstić information content (AvgIpc) is 2.30. The molecule has 0 spiro atoms. The molecule has 0 saturated carbocycles. The quantitative estimate of drug-likeness (QED) is 0.810. The highest BCUT2D eigenvalue weighted by Gasteiger charge is 2.21. The van der Waals surface area contributed by atoms with E-state index in [0.29, 0.717) is 18.1 Å². The molecule has 1 saturated heterocycles. The summed E-state index contributed by atoms with van der Waals surface area (Å²) in [5.74, 6) is 0.342. The molecule has 1 aromatic rings. The number of carbonyl (C=O) groups excluding carboxylic acids is 1. The van der Waals surface area contributed by atoms with Crippen LogP contribution < -0.4 is 0 Å². The van der Waals surface area contributed by atoms with Crippen LogP contribution in [0.25, 0.3) is 0 Å². The number of Topliss-reactive ketones (excluding diaryl/α,β-unsaturated/α-hetero) is 1. The Morgan fingerprint density at radius 2 is 2.38 bits per heavy atom. The van der Waals surface area contributed by atoms with Crippen LogP contribution in [-0.4, -0.2) is 19.0 Å². The Kier molecular flexibility index (Phi) is 3.97. The SMILES string of the molecule is O=C(Cc1cccc(Cl)c1)C1CCCOC1. The van der Waals surface area contributed by atoms with Gasteiger partial charge in [0.25, 0.3) is 0 Å². The molecule has 0 radical (unpaired) electrons. The zero-order chi connectivity index (χ0) is 11.4. The predicted molar refractivity (Wildman–Crippen MR) is 63.7 cm³/mol. The van der Waals surface area contributed by atoms with Gasteiger partial charge in [-0.05, 0) is 30.5 Å². The summed E-state index contributed by atoms with van der Waals surface area (Å²) in [4.78, 5) is 12.0. The van der Waals surface area contributed by atoms with E-state index in [9.17, 15) is 4.79 Å². The van der Waals surface area contributed by atoms with Gasteiger partial charge in [0.1, 0.15) is 5.78 Å². The molecule has 0 aliphatic carbocycles. The monoisotopic (exact) mass is 238 g/mol. The van der Waals surface area contributed by atoms with Gasteiger partial charge in [0.15, 0.2) is 0 Å². The van der Waals surface area contributed by atoms with Crippen LogP contribution in [0, 0.1) is 5.92 Å². The second-order valence-electron chi connectivity index (χ2n) is 4.19. The Balaban J connectivity index is 1.96. The Hall–Kier alpha value is -0.860. The van der Waals surface area contributed by atoms with E-state index in [2.05, 4.69) is 0 Å². The fraction of sp³-hybridized carbons (Fsp3) is 0.462. The Labute approximate surface area is 101 Å². The first-order valence-corrected chi connectivity index (χ1v) is 5.98. The Morgan fingerprint density at radius 1 is 1.50 bits per heavy atom. The second-order valence-corrected chi connectivity index (χ2v) is 4.62. The number of ketones is 1. The molecule has 3 heteroatoms. The van der Waals surface area contributed by atoms with Gasteiger partial charge in [-0.3, -0.25) is 4.79 Å². The molecule has 1 atom stereocenters. The topological polar surface area (TPSA) is 26.3 Å². The summed E-state index contributed by atoms with van der Waals surface area (Å²) in [7, 11) is 0. The number of hydrogen-bond donors (Lipinski definition) is 0. The minimum absolute atomic E-state index is 0.0766. The van der Waals surface area contributed by atoms with Crippen molar-refractivity contribution in [1.29, 1.82) is 0 Å². The van der Waals surface area contributed by atoms with Crippen molar-refractivity contribution in [3.05, 3.63) is 34.9 Å². The third-order valence-electron chi connectivity index (χ3n) is 2.88. The van der Waals surface area contributed by atoms with Crippen molar-refractivity contribution < 1.29 is 9.53 Å². The summed E-state index contributed by atoms with van der Waals surface area (Å²) >= 11 is 5.88. The van der Waals surface area contributed by atoms with Crippen molar-refractivity contribution in [2.75, 3.05) is 13.2 Å². The van der Waals surface area contributed by atoms with Crippen LogP contribution in [0.15, 0.2) is 24.3 Å². The third-order valence-corrected chi connectivity index (χ3v) is 3.12. The highest BCUT2D eigenvalue weighted by atomic mass is 35.5. The molecule has 0 N–H and O–H groups in total. The van der Waals surface area contributed by atoms with Gasteiger partial charge < -0.3 is 4.74 Å². The third kappa shape index (κ3) is 3.06. The highest BCUT2D eigenvalue weighted by molar-refractivity contribution is 6.30. The molecule has 2 rings (SSSR count). The number of hydrogen-bond acceptors (Lipinski definition) is 2. The van der Waals surface area contributed by atoms with Gasteiger partial charge in [0, 0.05) is 24.0 Å². The Bertz CT molecular complexity index is 370. The lowest BCUT2D eigenvalue weighted by Crippen LogP contribution is -2.26. The van der Waals surface area contributed by atoms with Crippen LogP contribution in [0.4, 0.5) is 0 Å². The first-order chi connectivity index (χ1) is 7.75. The molecule has 86 valence electrons. The molecule has 1 aliphatic rings. The number of rotatable bonds is 3. The molecule has 1 aromatic carbocycles. The minimum Gasteiger partial charge on any atom is -0.381 e. The maximum Gasteiger partial charge on any atom is 0.142 e. The first kappa shape index (κ1) is 11.6. The lowest BCUT2D eigenvalue weighted by atomic mass is 9.93. The van der Waals surface area contributed by atoms with E-state index < -0.39 is 0 Å². The molecule has 1 heterocycles. The molecule has 0 amide bonds. The lowest BCUT2D eigenvalue weighted by Gasteiger charge is -2.20. The van der Waals surface area contributed by atoms with Crippen molar-refractivity contribution in [3.8, 4) is 0 Å². The molecular weight excluding hydrogens is 224 g/mol. The predicted octanol–water partition coefficient (Wildman–Crippen LogP) is 2.88. The summed E-state index contributed by atoms with van der Waals surface area (Å²) in [6.45, 7) is 1.38. The zero-order valence-corrected chi connectivity index (χ0v) is 9.87. The van der Waals surface area contributed by atoms with Crippen molar-refractivity contribution in [3.63, 3.8) is 0 Å². The maximum absolute atomic E-state index is 12.0. The summed E-state index contributed by atoms with van der Waals surface area (Å²) in [5.41, 5.74) is 0.989. The minimum atomic E-state index is 0.0766. The van der Waals surface area contributed by atoms with Crippen LogP contribution in [0.2, 0.25) is 5.02 Å². The van der Waals surface area contributed by atoms with E-state index in [4.69, 9.17) is 16.3 Å². The average molecular weight is 239 g/mol. The van der Waals surface area contributed by atoms with E-state index in [1.54, 1.807) is 0 Å². The fourth-order valence-electron chi connectivity index (χ4n) is 1.99. The van der Waals surface area contributed by atoms with Crippen molar-refractivity contribution in [1.82, 2.24) is 0 Å². The molecule has 2 nitrogen and oxygen atoms in total. The number of halogens is 1. The molecule has 0 aromatic heterocycles. The van der Waals surface area contributed by atoms with Gasteiger partial charge in [0.2, 0.25) is 0 Å². The molecule has 0 bridgehead atoms. The smallest absolute Gasteiger partial charge is 0.142 e. The number of carbonyl (C=O) groups is 1. The van der Waals surface area contributed by atoms with Gasteiger partial charge in [-0.1, -0.05) is 23.7 Å². The van der Waals surface area contributed by atoms with Crippen LogP contribution in [0.5, 0.6) is 0 Å². The lowest BCUT2D eigenvalue weighted by molar-refractivity contribution is -0.126. The van der Waals surface area contributed by atoms with Crippen molar-refractivity contribution in [2.24, 2.45) is 5.92 Å². The Morgan fingerprint density at radius 3 is 3.06 bits per heavy atom. The molecule has 1 aliphatic heterocycles. The normalized spacial score (nSPS) is 20.7. The van der Waals surface area contributed by atoms with Gasteiger partial charge in [-0.25, -0.2) is 0 Å². The standard InChI is InChI=1S/C13H15ClO2/c14-12-5-1-3-10(7-12)8-13(15)11-4-2-6-16-9-11/h1,3,5,7,11H,2,4,6,8-9H2. The molecular formula is C13H15ClO2. The van der Waals surface area contributed by atoms with Gasteiger partial charge in [-0.2, -0.15) is 0 Å². The zero-order valence-electron chi connectivity index (χ0n) is 9.12. The van der Waals surface area contributed by atoms with Gasteiger partial charge in [0.05, 0.1) is 6.61 Å². The van der Waals surface area contributed by atoms with Gasteiger partial charge in [-0.15, -0.1) is 0 Å². The van der Waals surface area contributed by atoms with Crippen molar-refractivity contribution in [2.45, 2.75) is 19.3 Å².